The SMILES string of the molecule is Oc1ccc(OCc2cn3ccc(Cl)cc3n2)cc1. The van der Waals surface area contributed by atoms with Crippen molar-refractivity contribution in [3.8, 4) is 11.5 Å². The number of hydrogen-bond acceptors (Lipinski definition) is 3. The molecule has 0 aliphatic heterocycles. The van der Waals surface area contributed by atoms with Crippen molar-refractivity contribution >= 4 is 17.2 Å². The molecule has 5 heteroatoms. The molecule has 0 fully saturated rings. The molecule has 4 nitrogen and oxygen atoms in total. The lowest BCUT2D eigenvalue weighted by atomic mass is 10.3. The summed E-state index contributed by atoms with van der Waals surface area (Å²) in [5.41, 5.74) is 1.60. The van der Waals surface area contributed by atoms with Gasteiger partial charge in [0.2, 0.25) is 0 Å². The highest BCUT2D eigenvalue weighted by Crippen LogP contribution is 2.18. The van der Waals surface area contributed by atoms with Gasteiger partial charge in [0.1, 0.15) is 23.8 Å². The molecule has 0 spiro atoms. The molecule has 0 atom stereocenters. The first-order chi connectivity index (χ1) is 9.20. The van der Waals surface area contributed by atoms with Gasteiger partial charge in [0, 0.05) is 17.4 Å². The summed E-state index contributed by atoms with van der Waals surface area (Å²) in [6.45, 7) is 0.365. The van der Waals surface area contributed by atoms with Gasteiger partial charge in [0.15, 0.2) is 0 Å². The van der Waals surface area contributed by atoms with Gasteiger partial charge in [0.25, 0.3) is 0 Å². The molecule has 0 saturated carbocycles. The Balaban J connectivity index is 1.76. The highest BCUT2D eigenvalue weighted by Gasteiger charge is 2.03. The largest absolute Gasteiger partial charge is 0.508 e. The van der Waals surface area contributed by atoms with Crippen molar-refractivity contribution in [3.05, 3.63) is 59.5 Å². The molecule has 0 saturated heterocycles. The molecule has 2 heterocycles. The predicted octanol–water partition coefficient (Wildman–Crippen LogP) is 3.27. The first-order valence-electron chi connectivity index (χ1n) is 5.76. The molecule has 3 rings (SSSR count). The topological polar surface area (TPSA) is 46.8 Å². The molecule has 19 heavy (non-hydrogen) atoms. The molecule has 0 aliphatic rings. The molecule has 0 unspecified atom stereocenters. The standard InChI is InChI=1S/C14H11ClN2O2/c15-10-5-6-17-8-11(16-14(17)7-10)9-19-13-3-1-12(18)2-4-13/h1-8,18H,9H2. The van der Waals surface area contributed by atoms with Crippen molar-refractivity contribution in [3.63, 3.8) is 0 Å². The summed E-state index contributed by atoms with van der Waals surface area (Å²) in [4.78, 5) is 4.41. The Labute approximate surface area is 114 Å². The third-order valence-electron chi connectivity index (χ3n) is 2.70. The van der Waals surface area contributed by atoms with Crippen LogP contribution in [0.25, 0.3) is 5.65 Å². The quantitative estimate of drug-likeness (QED) is 0.797. The molecule has 1 N–H and O–H groups in total. The summed E-state index contributed by atoms with van der Waals surface area (Å²) >= 11 is 5.91. The maximum atomic E-state index is 9.18. The summed E-state index contributed by atoms with van der Waals surface area (Å²) in [6.07, 6.45) is 3.75. The Morgan fingerprint density at radius 1 is 1.21 bits per heavy atom. The number of pyridine rings is 1. The number of aromatic hydroxyl groups is 1. The molecule has 96 valence electrons. The number of halogens is 1. The van der Waals surface area contributed by atoms with Gasteiger partial charge in [0.05, 0.1) is 5.69 Å². The highest BCUT2D eigenvalue weighted by atomic mass is 35.5. The maximum Gasteiger partial charge on any atom is 0.138 e. The minimum Gasteiger partial charge on any atom is -0.508 e. The second-order valence-electron chi connectivity index (χ2n) is 4.13. The fourth-order valence-electron chi connectivity index (χ4n) is 1.78. The number of imidazole rings is 1. The number of nitrogens with zero attached hydrogens (tertiary/aromatic N) is 2. The number of hydrogen-bond donors (Lipinski definition) is 1. The highest BCUT2D eigenvalue weighted by molar-refractivity contribution is 6.30. The van der Waals surface area contributed by atoms with Gasteiger partial charge in [-0.1, -0.05) is 11.6 Å². The van der Waals surface area contributed by atoms with Crippen LogP contribution >= 0.6 is 11.6 Å². The van der Waals surface area contributed by atoms with E-state index in [0.717, 1.165) is 11.3 Å². The first-order valence-corrected chi connectivity index (χ1v) is 6.13. The van der Waals surface area contributed by atoms with E-state index >= 15 is 0 Å². The zero-order valence-corrected chi connectivity index (χ0v) is 10.7. The number of rotatable bonds is 3. The Morgan fingerprint density at radius 2 is 2.00 bits per heavy atom. The van der Waals surface area contributed by atoms with Crippen molar-refractivity contribution in [2.24, 2.45) is 0 Å². The Hall–Kier alpha value is -2.20. The average Bonchev–Trinajstić information content (AvgIpc) is 2.80. The monoisotopic (exact) mass is 274 g/mol. The Morgan fingerprint density at radius 3 is 2.79 bits per heavy atom. The van der Waals surface area contributed by atoms with E-state index in [1.54, 1.807) is 36.4 Å². The van der Waals surface area contributed by atoms with Crippen LogP contribution in [-0.2, 0) is 6.61 Å². The number of phenols is 1. The zero-order valence-electron chi connectivity index (χ0n) is 9.95. The molecule has 0 bridgehead atoms. The van der Waals surface area contributed by atoms with E-state index in [-0.39, 0.29) is 5.75 Å². The number of ether oxygens (including phenoxy) is 1. The maximum absolute atomic E-state index is 9.18. The Bertz CT molecular complexity index is 707. The fourth-order valence-corrected chi connectivity index (χ4v) is 1.93. The van der Waals surface area contributed by atoms with E-state index in [4.69, 9.17) is 16.3 Å². The van der Waals surface area contributed by atoms with Crippen LogP contribution in [-0.4, -0.2) is 14.5 Å². The van der Waals surface area contributed by atoms with Crippen LogP contribution in [0.5, 0.6) is 11.5 Å². The van der Waals surface area contributed by atoms with Crippen molar-refractivity contribution < 1.29 is 9.84 Å². The predicted molar refractivity (Wildman–Crippen MR) is 72.6 cm³/mol. The van der Waals surface area contributed by atoms with Gasteiger partial charge in [-0.25, -0.2) is 4.98 Å². The van der Waals surface area contributed by atoms with Crippen molar-refractivity contribution in [2.75, 3.05) is 0 Å². The van der Waals surface area contributed by atoms with Gasteiger partial charge in [-0.3, -0.25) is 0 Å². The van der Waals surface area contributed by atoms with Gasteiger partial charge in [-0.15, -0.1) is 0 Å². The molecule has 1 aromatic carbocycles. The fraction of sp³-hybridized carbons (Fsp3) is 0.0714. The smallest absolute Gasteiger partial charge is 0.138 e. The van der Waals surface area contributed by atoms with Crippen molar-refractivity contribution in [1.29, 1.82) is 0 Å². The van der Waals surface area contributed by atoms with Gasteiger partial charge in [-0.05, 0) is 36.4 Å². The number of benzene rings is 1. The Kier molecular flexibility index (Phi) is 3.01. The van der Waals surface area contributed by atoms with E-state index in [2.05, 4.69) is 4.98 Å². The van der Waals surface area contributed by atoms with Crippen LogP contribution in [0.4, 0.5) is 0 Å². The van der Waals surface area contributed by atoms with Crippen LogP contribution in [0, 0.1) is 0 Å². The average molecular weight is 275 g/mol. The third kappa shape index (κ3) is 2.63. The van der Waals surface area contributed by atoms with E-state index in [1.165, 1.54) is 0 Å². The van der Waals surface area contributed by atoms with E-state index in [1.807, 2.05) is 16.8 Å². The van der Waals surface area contributed by atoms with Crippen LogP contribution in [0.1, 0.15) is 5.69 Å². The van der Waals surface area contributed by atoms with Crippen LogP contribution in [0.3, 0.4) is 0 Å². The van der Waals surface area contributed by atoms with E-state index in [0.29, 0.717) is 17.4 Å². The molecular formula is C14H11ClN2O2. The first kappa shape index (κ1) is 11.9. The van der Waals surface area contributed by atoms with Crippen LogP contribution in [0.2, 0.25) is 5.02 Å². The molecule has 0 aliphatic carbocycles. The van der Waals surface area contributed by atoms with Crippen molar-refractivity contribution in [1.82, 2.24) is 9.38 Å². The van der Waals surface area contributed by atoms with Crippen LogP contribution < -0.4 is 4.74 Å². The summed E-state index contributed by atoms with van der Waals surface area (Å²) in [5.74, 6) is 0.905. The summed E-state index contributed by atoms with van der Waals surface area (Å²) in [6, 6.07) is 10.2. The number of aromatic nitrogens is 2. The van der Waals surface area contributed by atoms with Gasteiger partial charge in [-0.2, -0.15) is 0 Å². The van der Waals surface area contributed by atoms with Gasteiger partial charge >= 0.3 is 0 Å². The second-order valence-corrected chi connectivity index (χ2v) is 4.56. The number of fused-ring (bicyclic) bond motifs is 1. The zero-order chi connectivity index (χ0) is 13.2. The summed E-state index contributed by atoms with van der Waals surface area (Å²) in [5, 5.41) is 9.84. The molecular weight excluding hydrogens is 264 g/mol. The number of phenolic OH excluding ortho intramolecular Hbond substituents is 1. The van der Waals surface area contributed by atoms with E-state index < -0.39 is 0 Å². The minimum absolute atomic E-state index is 0.217. The summed E-state index contributed by atoms with van der Waals surface area (Å²) in [7, 11) is 0. The lowest BCUT2D eigenvalue weighted by molar-refractivity contribution is 0.301. The second kappa shape index (κ2) is 4.82. The normalized spacial score (nSPS) is 10.8. The molecule has 0 amide bonds. The molecule has 2 aromatic heterocycles. The van der Waals surface area contributed by atoms with Gasteiger partial charge < -0.3 is 14.2 Å². The third-order valence-corrected chi connectivity index (χ3v) is 2.93. The lowest BCUT2D eigenvalue weighted by Gasteiger charge is -2.03. The minimum atomic E-state index is 0.217. The molecule has 0 radical (unpaired) electrons. The molecule has 3 aromatic rings. The lowest BCUT2D eigenvalue weighted by Crippen LogP contribution is -1.95. The van der Waals surface area contributed by atoms with E-state index in [9.17, 15) is 5.11 Å². The summed E-state index contributed by atoms with van der Waals surface area (Å²) < 4.78 is 7.48. The van der Waals surface area contributed by atoms with Crippen molar-refractivity contribution in [2.45, 2.75) is 6.61 Å². The van der Waals surface area contributed by atoms with Crippen LogP contribution in [0.15, 0.2) is 48.8 Å².